The van der Waals surface area contributed by atoms with E-state index in [4.69, 9.17) is 4.74 Å². The SMILES string of the molecule is CC1(C)OCCn2c1nc(C(=O)NCc1ccc(-n3cncn3)cc1F)c(O)c2=O. The van der Waals surface area contributed by atoms with Crippen LogP contribution in [0.2, 0.25) is 0 Å². The molecule has 1 aliphatic heterocycles. The van der Waals surface area contributed by atoms with Gasteiger partial charge in [0.05, 0.1) is 18.8 Å². The number of amides is 1. The summed E-state index contributed by atoms with van der Waals surface area (Å²) in [6, 6.07) is 4.38. The first-order valence-corrected chi connectivity index (χ1v) is 9.18. The molecule has 1 aliphatic rings. The van der Waals surface area contributed by atoms with Crippen LogP contribution in [0, 0.1) is 5.82 Å². The first-order valence-electron chi connectivity index (χ1n) is 9.18. The predicted octanol–water partition coefficient (Wildman–Crippen LogP) is 0.864. The number of aromatic hydroxyl groups is 1. The molecule has 0 aliphatic carbocycles. The zero-order valence-corrected chi connectivity index (χ0v) is 16.3. The van der Waals surface area contributed by atoms with Crippen molar-refractivity contribution in [2.75, 3.05) is 6.61 Å². The van der Waals surface area contributed by atoms with Crippen LogP contribution in [0.1, 0.15) is 35.7 Å². The Morgan fingerprint density at radius 2 is 2.20 bits per heavy atom. The molecule has 2 N–H and O–H groups in total. The number of halogens is 1. The number of benzene rings is 1. The van der Waals surface area contributed by atoms with Gasteiger partial charge in [-0.2, -0.15) is 5.10 Å². The van der Waals surface area contributed by atoms with Gasteiger partial charge in [-0.25, -0.2) is 19.0 Å². The molecule has 3 aromatic rings. The molecule has 0 saturated heterocycles. The maximum Gasteiger partial charge on any atom is 0.296 e. The van der Waals surface area contributed by atoms with E-state index >= 15 is 0 Å². The first kappa shape index (κ1) is 19.7. The summed E-state index contributed by atoms with van der Waals surface area (Å²) in [5, 5.41) is 16.6. The molecule has 30 heavy (non-hydrogen) atoms. The summed E-state index contributed by atoms with van der Waals surface area (Å²) in [6.45, 7) is 3.78. The van der Waals surface area contributed by atoms with Crippen molar-refractivity contribution in [2.24, 2.45) is 0 Å². The standard InChI is InChI=1S/C19H19FN6O4/c1-19(2)18-24-14(15(27)17(29)25(18)5-6-30-19)16(28)22-8-11-3-4-12(7-13(11)20)26-10-21-9-23-26/h3-4,7,9-10,27H,5-6,8H2,1-2H3,(H,22,28). The molecular formula is C19H19FN6O4. The van der Waals surface area contributed by atoms with Crippen LogP contribution in [0.3, 0.4) is 0 Å². The molecule has 0 fully saturated rings. The molecule has 3 heterocycles. The van der Waals surface area contributed by atoms with Crippen LogP contribution in [-0.2, 0) is 23.4 Å². The molecule has 0 bridgehead atoms. The highest BCUT2D eigenvalue weighted by atomic mass is 19.1. The summed E-state index contributed by atoms with van der Waals surface area (Å²) in [7, 11) is 0. The minimum atomic E-state index is -0.899. The number of nitrogens with zero attached hydrogens (tertiary/aromatic N) is 5. The fourth-order valence-electron chi connectivity index (χ4n) is 3.25. The third kappa shape index (κ3) is 3.43. The van der Waals surface area contributed by atoms with Gasteiger partial charge in [0.25, 0.3) is 11.5 Å². The van der Waals surface area contributed by atoms with Gasteiger partial charge in [-0.15, -0.1) is 0 Å². The summed E-state index contributed by atoms with van der Waals surface area (Å²) in [5.41, 5.74) is -1.35. The van der Waals surface area contributed by atoms with Gasteiger partial charge in [-0.3, -0.25) is 14.2 Å². The molecule has 0 atom stereocenters. The number of ether oxygens (including phenoxy) is 1. The molecule has 156 valence electrons. The Morgan fingerprint density at radius 1 is 1.40 bits per heavy atom. The summed E-state index contributed by atoms with van der Waals surface area (Å²) < 4.78 is 22.7. The lowest BCUT2D eigenvalue weighted by molar-refractivity contribution is -0.0566. The minimum Gasteiger partial charge on any atom is -0.501 e. The zero-order valence-electron chi connectivity index (χ0n) is 16.3. The van der Waals surface area contributed by atoms with Gasteiger partial charge in [0.15, 0.2) is 5.69 Å². The summed E-state index contributed by atoms with van der Waals surface area (Å²) in [5.74, 6) is -1.87. The van der Waals surface area contributed by atoms with E-state index in [9.17, 15) is 19.1 Å². The molecule has 0 radical (unpaired) electrons. The number of nitrogens with one attached hydrogen (secondary N) is 1. The average Bonchev–Trinajstić information content (AvgIpc) is 3.24. The molecule has 10 nitrogen and oxygen atoms in total. The third-order valence-electron chi connectivity index (χ3n) is 4.84. The number of fused-ring (bicyclic) bond motifs is 1. The molecular weight excluding hydrogens is 395 g/mol. The Balaban J connectivity index is 1.57. The minimum absolute atomic E-state index is 0.165. The molecule has 0 saturated carbocycles. The van der Waals surface area contributed by atoms with Crippen molar-refractivity contribution in [3.8, 4) is 11.4 Å². The van der Waals surface area contributed by atoms with Crippen LogP contribution in [0.4, 0.5) is 4.39 Å². The van der Waals surface area contributed by atoms with Crippen molar-refractivity contribution in [3.63, 3.8) is 0 Å². The van der Waals surface area contributed by atoms with Gasteiger partial charge >= 0.3 is 0 Å². The van der Waals surface area contributed by atoms with E-state index in [0.717, 1.165) is 0 Å². The lowest BCUT2D eigenvalue weighted by atomic mass is 10.1. The molecule has 1 amide bonds. The largest absolute Gasteiger partial charge is 0.501 e. The number of hydrogen-bond acceptors (Lipinski definition) is 7. The highest BCUT2D eigenvalue weighted by Crippen LogP contribution is 2.27. The maximum absolute atomic E-state index is 14.4. The number of hydrogen-bond donors (Lipinski definition) is 2. The highest BCUT2D eigenvalue weighted by molar-refractivity contribution is 5.94. The second kappa shape index (κ2) is 7.34. The molecule has 11 heteroatoms. The second-order valence-corrected chi connectivity index (χ2v) is 7.25. The quantitative estimate of drug-likeness (QED) is 0.649. The summed E-state index contributed by atoms with van der Waals surface area (Å²) in [4.78, 5) is 33.0. The molecule has 2 aromatic heterocycles. The van der Waals surface area contributed by atoms with Gasteiger partial charge in [0.2, 0.25) is 5.75 Å². The van der Waals surface area contributed by atoms with E-state index in [1.807, 2.05) is 0 Å². The monoisotopic (exact) mass is 414 g/mol. The Morgan fingerprint density at radius 3 is 2.90 bits per heavy atom. The first-order chi connectivity index (χ1) is 14.3. The third-order valence-corrected chi connectivity index (χ3v) is 4.84. The highest BCUT2D eigenvalue weighted by Gasteiger charge is 2.34. The Kier molecular flexibility index (Phi) is 4.82. The smallest absolute Gasteiger partial charge is 0.296 e. The molecule has 0 spiro atoms. The fraction of sp³-hybridized carbons (Fsp3) is 0.316. The van der Waals surface area contributed by atoms with Gasteiger partial charge < -0.3 is 15.2 Å². The van der Waals surface area contributed by atoms with Crippen molar-refractivity contribution in [1.82, 2.24) is 29.6 Å². The predicted molar refractivity (Wildman–Crippen MR) is 102 cm³/mol. The van der Waals surface area contributed by atoms with E-state index in [-0.39, 0.29) is 31.1 Å². The Labute approximate surface area is 170 Å². The lowest BCUT2D eigenvalue weighted by Gasteiger charge is -2.32. The van der Waals surface area contributed by atoms with Crippen LogP contribution in [0.25, 0.3) is 5.69 Å². The lowest BCUT2D eigenvalue weighted by Crippen LogP contribution is -2.42. The molecule has 0 unspecified atom stereocenters. The van der Waals surface area contributed by atoms with Crippen molar-refractivity contribution in [3.05, 3.63) is 64.1 Å². The zero-order chi connectivity index (χ0) is 21.5. The number of carbonyl (C=O) groups excluding carboxylic acids is 1. The molecule has 4 rings (SSSR count). The van der Waals surface area contributed by atoms with Crippen molar-refractivity contribution >= 4 is 5.91 Å². The van der Waals surface area contributed by atoms with Crippen molar-refractivity contribution in [2.45, 2.75) is 32.5 Å². The number of aromatic nitrogens is 5. The van der Waals surface area contributed by atoms with Crippen LogP contribution in [0.5, 0.6) is 5.75 Å². The van der Waals surface area contributed by atoms with Crippen LogP contribution in [-0.4, -0.2) is 41.9 Å². The number of carbonyl (C=O) groups is 1. The topological polar surface area (TPSA) is 124 Å². The Hall–Kier alpha value is -3.60. The van der Waals surface area contributed by atoms with Crippen LogP contribution < -0.4 is 10.9 Å². The van der Waals surface area contributed by atoms with E-state index in [2.05, 4.69) is 20.4 Å². The van der Waals surface area contributed by atoms with Gasteiger partial charge in [-0.1, -0.05) is 6.07 Å². The van der Waals surface area contributed by atoms with Gasteiger partial charge in [0.1, 0.15) is 29.9 Å². The fourth-order valence-corrected chi connectivity index (χ4v) is 3.25. The molecule has 1 aromatic carbocycles. The van der Waals surface area contributed by atoms with Crippen molar-refractivity contribution < 1.29 is 19.0 Å². The van der Waals surface area contributed by atoms with E-state index < -0.39 is 34.3 Å². The van der Waals surface area contributed by atoms with Gasteiger partial charge in [0, 0.05) is 12.1 Å². The summed E-state index contributed by atoms with van der Waals surface area (Å²) >= 11 is 0. The Bertz CT molecular complexity index is 1170. The van der Waals surface area contributed by atoms with Gasteiger partial charge in [-0.05, 0) is 26.0 Å². The summed E-state index contributed by atoms with van der Waals surface area (Å²) in [6.07, 6.45) is 2.77. The van der Waals surface area contributed by atoms with Crippen LogP contribution in [0.15, 0.2) is 35.6 Å². The average molecular weight is 414 g/mol. The second-order valence-electron chi connectivity index (χ2n) is 7.25. The van der Waals surface area contributed by atoms with Crippen LogP contribution >= 0.6 is 0 Å². The van der Waals surface area contributed by atoms with E-state index in [1.165, 1.54) is 34.0 Å². The number of rotatable bonds is 4. The maximum atomic E-state index is 14.4. The van der Waals surface area contributed by atoms with Crippen molar-refractivity contribution in [1.29, 1.82) is 0 Å². The van der Waals surface area contributed by atoms with E-state index in [0.29, 0.717) is 5.69 Å². The normalized spacial score (nSPS) is 14.9. The van der Waals surface area contributed by atoms with E-state index in [1.54, 1.807) is 19.9 Å².